The zero-order chi connectivity index (χ0) is 19.7. The van der Waals surface area contributed by atoms with Crippen LogP contribution in [0.25, 0.3) is 5.76 Å². The number of hydrogen-bond donors (Lipinski definition) is 2. The number of carbonyl (C=O) groups excluding carboxylic acids is 2. The fourth-order valence-corrected chi connectivity index (χ4v) is 3.48. The Morgan fingerprint density at radius 2 is 1.78 bits per heavy atom. The van der Waals surface area contributed by atoms with Gasteiger partial charge in [0.2, 0.25) is 0 Å². The lowest BCUT2D eigenvalue weighted by Crippen LogP contribution is -2.35. The first kappa shape index (κ1) is 19.1. The number of β-amino-alcohol motifs (C(OH)–C–C–N with tert-alkyl or cyclic N) is 1. The Kier molecular flexibility index (Phi) is 5.35. The largest absolute Gasteiger partial charge is 0.507 e. The van der Waals surface area contributed by atoms with Crippen LogP contribution in [0.2, 0.25) is 5.02 Å². The van der Waals surface area contributed by atoms with Crippen molar-refractivity contribution in [1.82, 2.24) is 4.90 Å². The van der Waals surface area contributed by atoms with Gasteiger partial charge in [0.15, 0.2) is 0 Å². The summed E-state index contributed by atoms with van der Waals surface area (Å²) in [6.45, 7) is 3.39. The van der Waals surface area contributed by atoms with Crippen LogP contribution >= 0.6 is 11.6 Å². The molecule has 2 aromatic carbocycles. The Morgan fingerprint density at radius 3 is 2.37 bits per heavy atom. The molecular weight excluding hydrogens is 366 g/mol. The number of amides is 1. The molecule has 0 radical (unpaired) electrons. The van der Waals surface area contributed by atoms with Crippen molar-refractivity contribution in [2.75, 3.05) is 6.54 Å². The van der Waals surface area contributed by atoms with Crippen LogP contribution in [0.5, 0.6) is 0 Å². The number of likely N-dealkylation sites (tertiary alicyclic amines) is 1. The molecule has 6 heteroatoms. The van der Waals surface area contributed by atoms with E-state index in [9.17, 15) is 19.8 Å². The number of halogens is 1. The molecule has 1 saturated heterocycles. The quantitative estimate of drug-likeness (QED) is 0.480. The minimum atomic E-state index is -0.866. The molecule has 0 bridgehead atoms. The number of benzene rings is 2. The molecule has 3 rings (SSSR count). The van der Waals surface area contributed by atoms with Gasteiger partial charge < -0.3 is 15.1 Å². The number of rotatable bonds is 4. The zero-order valence-corrected chi connectivity index (χ0v) is 15.8. The van der Waals surface area contributed by atoms with E-state index in [-0.39, 0.29) is 17.9 Å². The predicted octanol–water partition coefficient (Wildman–Crippen LogP) is 3.45. The van der Waals surface area contributed by atoms with Crippen molar-refractivity contribution in [3.8, 4) is 0 Å². The van der Waals surface area contributed by atoms with E-state index in [4.69, 9.17) is 11.6 Å². The highest BCUT2D eigenvalue weighted by molar-refractivity contribution is 6.47. The monoisotopic (exact) mass is 385 g/mol. The molecule has 1 heterocycles. The van der Waals surface area contributed by atoms with Crippen molar-refractivity contribution in [3.63, 3.8) is 0 Å². The van der Waals surface area contributed by atoms with E-state index in [1.165, 1.54) is 11.8 Å². The van der Waals surface area contributed by atoms with Crippen molar-refractivity contribution < 1.29 is 19.8 Å². The van der Waals surface area contributed by atoms with Gasteiger partial charge in [-0.1, -0.05) is 59.6 Å². The maximum absolute atomic E-state index is 12.7. The second-order valence-electron chi connectivity index (χ2n) is 6.69. The van der Waals surface area contributed by atoms with Crippen molar-refractivity contribution in [2.45, 2.75) is 26.0 Å². The van der Waals surface area contributed by atoms with E-state index < -0.39 is 23.8 Å². The molecule has 0 saturated carbocycles. The lowest BCUT2D eigenvalue weighted by atomic mass is 9.95. The highest BCUT2D eigenvalue weighted by atomic mass is 35.5. The van der Waals surface area contributed by atoms with Gasteiger partial charge >= 0.3 is 0 Å². The van der Waals surface area contributed by atoms with Crippen molar-refractivity contribution in [1.29, 1.82) is 0 Å². The first-order valence-corrected chi connectivity index (χ1v) is 8.97. The molecule has 2 N–H and O–H groups in total. The number of Topliss-reactive ketones (excluding diaryl/α,β-unsaturated/α-hetero) is 1. The van der Waals surface area contributed by atoms with E-state index >= 15 is 0 Å². The highest BCUT2D eigenvalue weighted by Gasteiger charge is 2.46. The molecule has 1 aliphatic rings. The van der Waals surface area contributed by atoms with E-state index in [1.54, 1.807) is 36.4 Å². The standard InChI is InChI=1S/C21H20ClNO4/c1-12-7-9-14(10-8-12)19(25)17-18(15-5-3-4-6-16(15)22)23(11-13(2)24)21(27)20(17)26/h3-10,13,18,24-25H,11H2,1-2H3/t13-,18+/m0/s1. The van der Waals surface area contributed by atoms with Crippen LogP contribution in [0.1, 0.15) is 29.7 Å². The van der Waals surface area contributed by atoms with Crippen LogP contribution < -0.4 is 0 Å². The summed E-state index contributed by atoms with van der Waals surface area (Å²) in [5.74, 6) is -1.82. The summed E-state index contributed by atoms with van der Waals surface area (Å²) in [6, 6.07) is 13.0. The molecule has 0 spiro atoms. The molecular formula is C21H20ClNO4. The fraction of sp³-hybridized carbons (Fsp3) is 0.238. The fourth-order valence-electron chi connectivity index (χ4n) is 3.24. The maximum Gasteiger partial charge on any atom is 0.295 e. The Labute approximate surface area is 162 Å². The van der Waals surface area contributed by atoms with Crippen LogP contribution in [0.15, 0.2) is 54.1 Å². The first-order chi connectivity index (χ1) is 12.8. The Bertz CT molecular complexity index is 918. The second-order valence-corrected chi connectivity index (χ2v) is 7.10. The summed E-state index contributed by atoms with van der Waals surface area (Å²) in [6.07, 6.45) is -0.840. The molecule has 0 unspecified atom stereocenters. The van der Waals surface area contributed by atoms with Gasteiger partial charge in [0, 0.05) is 17.1 Å². The number of aliphatic hydroxyl groups excluding tert-OH is 2. The molecule has 1 amide bonds. The summed E-state index contributed by atoms with van der Waals surface area (Å²) in [4.78, 5) is 26.6. The Morgan fingerprint density at radius 1 is 1.15 bits per heavy atom. The average molecular weight is 386 g/mol. The lowest BCUT2D eigenvalue weighted by Gasteiger charge is -2.27. The zero-order valence-electron chi connectivity index (χ0n) is 15.0. The van der Waals surface area contributed by atoms with Crippen LogP contribution in [-0.4, -0.2) is 39.5 Å². The van der Waals surface area contributed by atoms with Crippen LogP contribution in [0.3, 0.4) is 0 Å². The summed E-state index contributed by atoms with van der Waals surface area (Å²) in [5.41, 5.74) is 1.93. The number of aliphatic hydroxyl groups is 2. The minimum absolute atomic E-state index is 0.0300. The SMILES string of the molecule is Cc1ccc(C(O)=C2C(=O)C(=O)N(C[C@H](C)O)[C@@H]2c2ccccc2Cl)cc1. The van der Waals surface area contributed by atoms with Crippen molar-refractivity contribution >= 4 is 29.1 Å². The van der Waals surface area contributed by atoms with Gasteiger partial charge in [0.25, 0.3) is 11.7 Å². The Balaban J connectivity index is 2.21. The molecule has 2 atom stereocenters. The molecule has 27 heavy (non-hydrogen) atoms. The van der Waals surface area contributed by atoms with Crippen LogP contribution in [-0.2, 0) is 9.59 Å². The van der Waals surface area contributed by atoms with E-state index in [2.05, 4.69) is 0 Å². The van der Waals surface area contributed by atoms with Crippen LogP contribution in [0.4, 0.5) is 0 Å². The van der Waals surface area contributed by atoms with Gasteiger partial charge in [-0.3, -0.25) is 9.59 Å². The van der Waals surface area contributed by atoms with Gasteiger partial charge in [-0.05, 0) is 25.5 Å². The summed E-state index contributed by atoms with van der Waals surface area (Å²) in [5, 5.41) is 21.0. The van der Waals surface area contributed by atoms with Crippen LogP contribution in [0, 0.1) is 6.92 Å². The smallest absolute Gasteiger partial charge is 0.295 e. The lowest BCUT2D eigenvalue weighted by molar-refractivity contribution is -0.140. The van der Waals surface area contributed by atoms with Crippen molar-refractivity contribution in [2.24, 2.45) is 0 Å². The molecule has 1 aliphatic heterocycles. The molecule has 1 fully saturated rings. The normalized spacial score (nSPS) is 20.1. The van der Waals surface area contributed by atoms with E-state index in [0.29, 0.717) is 16.1 Å². The molecule has 140 valence electrons. The minimum Gasteiger partial charge on any atom is -0.507 e. The third-order valence-corrected chi connectivity index (χ3v) is 4.87. The topological polar surface area (TPSA) is 77.8 Å². The van der Waals surface area contributed by atoms with Gasteiger partial charge in [0.1, 0.15) is 5.76 Å². The molecule has 5 nitrogen and oxygen atoms in total. The Hall–Kier alpha value is -2.63. The summed E-state index contributed by atoms with van der Waals surface area (Å²) >= 11 is 6.32. The molecule has 2 aromatic rings. The third kappa shape index (κ3) is 3.61. The molecule has 0 aromatic heterocycles. The number of aryl methyl sites for hydroxylation is 1. The predicted molar refractivity (Wildman–Crippen MR) is 103 cm³/mol. The van der Waals surface area contributed by atoms with Gasteiger partial charge in [-0.25, -0.2) is 0 Å². The summed E-state index contributed by atoms with van der Waals surface area (Å²) in [7, 11) is 0. The molecule has 0 aliphatic carbocycles. The number of nitrogens with zero attached hydrogens (tertiary/aromatic N) is 1. The average Bonchev–Trinajstić information content (AvgIpc) is 2.86. The van der Waals surface area contributed by atoms with Gasteiger partial charge in [-0.15, -0.1) is 0 Å². The van der Waals surface area contributed by atoms with E-state index in [0.717, 1.165) is 5.56 Å². The van der Waals surface area contributed by atoms with E-state index in [1.807, 2.05) is 19.1 Å². The highest BCUT2D eigenvalue weighted by Crippen LogP contribution is 2.41. The second kappa shape index (κ2) is 7.55. The maximum atomic E-state index is 12.7. The third-order valence-electron chi connectivity index (χ3n) is 4.53. The van der Waals surface area contributed by atoms with Gasteiger partial charge in [-0.2, -0.15) is 0 Å². The first-order valence-electron chi connectivity index (χ1n) is 8.59. The van der Waals surface area contributed by atoms with Crippen molar-refractivity contribution in [3.05, 3.63) is 75.8 Å². The van der Waals surface area contributed by atoms with Gasteiger partial charge in [0.05, 0.1) is 17.7 Å². The number of hydrogen-bond acceptors (Lipinski definition) is 4. The summed E-state index contributed by atoms with van der Waals surface area (Å²) < 4.78 is 0. The number of carbonyl (C=O) groups is 2. The number of ketones is 1.